The second-order valence-electron chi connectivity index (χ2n) is 24.5. The maximum Gasteiger partial charge on any atom is 0.306 e. The highest BCUT2D eigenvalue weighted by molar-refractivity contribution is 5.71. The minimum absolute atomic E-state index is 0.0630. The SMILES string of the molecule is CCCCCCC/C=C\C/C=C\CCCCCCCCCCCCCCCCCCCCCCCC(=O)OCC(COC(=O)CCCCCCCCCCCC)OC(=O)CCCCCCCCCCCCCCCCCCCC. The van der Waals surface area contributed by atoms with Gasteiger partial charge in [0.05, 0.1) is 0 Å². The van der Waals surface area contributed by atoms with Gasteiger partial charge in [-0.1, -0.05) is 360 Å². The first-order valence-electron chi connectivity index (χ1n) is 35.8. The van der Waals surface area contributed by atoms with Crippen molar-refractivity contribution in [1.82, 2.24) is 0 Å². The Hall–Kier alpha value is -2.11. The Morgan fingerprint density at radius 3 is 0.696 bits per heavy atom. The Bertz CT molecular complexity index is 1270. The molecule has 466 valence electrons. The van der Waals surface area contributed by atoms with Gasteiger partial charge in [0.25, 0.3) is 0 Å². The molecule has 0 amide bonds. The molecule has 6 nitrogen and oxygen atoms in total. The van der Waals surface area contributed by atoms with Crippen LogP contribution in [0.25, 0.3) is 0 Å². The number of carbonyl (C=O) groups is 3. The minimum atomic E-state index is -0.764. The Morgan fingerprint density at radius 2 is 0.456 bits per heavy atom. The van der Waals surface area contributed by atoms with Gasteiger partial charge in [-0.05, 0) is 51.4 Å². The summed E-state index contributed by atoms with van der Waals surface area (Å²) in [5.41, 5.74) is 0. The molecule has 0 aromatic carbocycles. The summed E-state index contributed by atoms with van der Waals surface area (Å²) in [6, 6.07) is 0. The average molecular weight is 1110 g/mol. The first-order chi connectivity index (χ1) is 39.0. The standard InChI is InChI=1S/C73H138O6/c1-4-7-10-13-16-19-22-24-26-28-30-31-32-33-34-35-36-37-38-39-40-41-42-43-44-46-47-49-51-54-57-60-63-66-72(75)78-69-70(68-77-71(74)65-62-59-56-53-21-18-15-12-9-6-3)79-73(76)67-64-61-58-55-52-50-48-45-29-27-25-23-20-17-14-11-8-5-2/h22,24,28,30,70H,4-21,23,25-27,29,31-69H2,1-3H3/b24-22-,30-28-. The van der Waals surface area contributed by atoms with E-state index >= 15 is 0 Å². The van der Waals surface area contributed by atoms with E-state index < -0.39 is 6.10 Å². The number of unbranched alkanes of at least 4 members (excludes halogenated alkanes) is 52. The molecule has 0 radical (unpaired) electrons. The number of ether oxygens (including phenoxy) is 3. The second-order valence-corrected chi connectivity index (χ2v) is 24.5. The number of hydrogen-bond donors (Lipinski definition) is 0. The van der Waals surface area contributed by atoms with Crippen LogP contribution in [0, 0.1) is 0 Å². The van der Waals surface area contributed by atoms with E-state index in [4.69, 9.17) is 14.2 Å². The lowest BCUT2D eigenvalue weighted by Crippen LogP contribution is -2.30. The van der Waals surface area contributed by atoms with Gasteiger partial charge in [0.2, 0.25) is 0 Å². The molecule has 1 atom stereocenters. The molecular weight excluding hydrogens is 973 g/mol. The third kappa shape index (κ3) is 66.6. The van der Waals surface area contributed by atoms with Crippen LogP contribution in [0.3, 0.4) is 0 Å². The molecule has 0 aromatic rings. The number of rotatable bonds is 67. The Labute approximate surface area is 493 Å². The van der Waals surface area contributed by atoms with Crippen LogP contribution in [0.5, 0.6) is 0 Å². The van der Waals surface area contributed by atoms with Crippen molar-refractivity contribution in [3.8, 4) is 0 Å². The van der Waals surface area contributed by atoms with Gasteiger partial charge in [0.1, 0.15) is 13.2 Å². The number of carbonyl (C=O) groups excluding carboxylic acids is 3. The van der Waals surface area contributed by atoms with Crippen molar-refractivity contribution in [3.05, 3.63) is 24.3 Å². The molecule has 0 heterocycles. The number of hydrogen-bond acceptors (Lipinski definition) is 6. The third-order valence-electron chi connectivity index (χ3n) is 16.5. The van der Waals surface area contributed by atoms with E-state index in [2.05, 4.69) is 45.1 Å². The van der Waals surface area contributed by atoms with Crippen molar-refractivity contribution in [2.45, 2.75) is 412 Å². The van der Waals surface area contributed by atoms with Crippen LogP contribution in [-0.4, -0.2) is 37.2 Å². The maximum absolute atomic E-state index is 12.9. The summed E-state index contributed by atoms with van der Waals surface area (Å²) in [7, 11) is 0. The van der Waals surface area contributed by atoms with Crippen LogP contribution in [0.4, 0.5) is 0 Å². The minimum Gasteiger partial charge on any atom is -0.462 e. The molecule has 0 N–H and O–H groups in total. The largest absolute Gasteiger partial charge is 0.462 e. The van der Waals surface area contributed by atoms with Crippen LogP contribution >= 0.6 is 0 Å². The summed E-state index contributed by atoms with van der Waals surface area (Å²) in [5.74, 6) is -0.832. The maximum atomic E-state index is 12.9. The van der Waals surface area contributed by atoms with E-state index in [1.165, 1.54) is 302 Å². The van der Waals surface area contributed by atoms with Crippen molar-refractivity contribution >= 4 is 17.9 Å². The van der Waals surface area contributed by atoms with Crippen molar-refractivity contribution in [3.63, 3.8) is 0 Å². The highest BCUT2D eigenvalue weighted by Crippen LogP contribution is 2.19. The lowest BCUT2D eigenvalue weighted by Gasteiger charge is -2.18. The molecule has 0 aliphatic heterocycles. The molecule has 0 aromatic heterocycles. The highest BCUT2D eigenvalue weighted by Gasteiger charge is 2.19. The Morgan fingerprint density at radius 1 is 0.253 bits per heavy atom. The van der Waals surface area contributed by atoms with Crippen molar-refractivity contribution in [1.29, 1.82) is 0 Å². The van der Waals surface area contributed by atoms with E-state index in [9.17, 15) is 14.4 Å². The fourth-order valence-electron chi connectivity index (χ4n) is 11.1. The lowest BCUT2D eigenvalue weighted by molar-refractivity contribution is -0.167. The normalized spacial score (nSPS) is 12.1. The molecule has 0 fully saturated rings. The summed E-state index contributed by atoms with van der Waals surface area (Å²) in [4.78, 5) is 38.3. The van der Waals surface area contributed by atoms with Gasteiger partial charge in [0, 0.05) is 19.3 Å². The number of esters is 3. The van der Waals surface area contributed by atoms with Crippen molar-refractivity contribution < 1.29 is 28.6 Å². The zero-order valence-corrected chi connectivity index (χ0v) is 53.7. The van der Waals surface area contributed by atoms with E-state index in [0.29, 0.717) is 19.3 Å². The van der Waals surface area contributed by atoms with Crippen LogP contribution in [-0.2, 0) is 28.6 Å². The first kappa shape index (κ1) is 76.9. The number of allylic oxidation sites excluding steroid dienone is 4. The van der Waals surface area contributed by atoms with Gasteiger partial charge >= 0.3 is 17.9 Å². The summed E-state index contributed by atoms with van der Waals surface area (Å²) < 4.78 is 17.0. The van der Waals surface area contributed by atoms with Crippen LogP contribution in [0.2, 0.25) is 0 Å². The molecular formula is C73H138O6. The monoisotopic (exact) mass is 1110 g/mol. The van der Waals surface area contributed by atoms with Gasteiger partial charge in [-0.25, -0.2) is 0 Å². The van der Waals surface area contributed by atoms with Gasteiger partial charge < -0.3 is 14.2 Å². The van der Waals surface area contributed by atoms with E-state index in [-0.39, 0.29) is 31.1 Å². The highest BCUT2D eigenvalue weighted by atomic mass is 16.6. The van der Waals surface area contributed by atoms with Gasteiger partial charge in [-0.15, -0.1) is 0 Å². The molecule has 0 spiro atoms. The first-order valence-corrected chi connectivity index (χ1v) is 35.8. The Balaban J connectivity index is 4.03. The zero-order chi connectivity index (χ0) is 57.1. The van der Waals surface area contributed by atoms with Crippen LogP contribution in [0.1, 0.15) is 406 Å². The summed E-state index contributed by atoms with van der Waals surface area (Å²) in [6.45, 7) is 6.70. The topological polar surface area (TPSA) is 78.9 Å². The molecule has 1 unspecified atom stereocenters. The smallest absolute Gasteiger partial charge is 0.306 e. The van der Waals surface area contributed by atoms with E-state index in [1.54, 1.807) is 0 Å². The summed E-state index contributed by atoms with van der Waals surface area (Å²) in [5, 5.41) is 0. The molecule has 0 bridgehead atoms. The van der Waals surface area contributed by atoms with E-state index in [1.807, 2.05) is 0 Å². The predicted molar refractivity (Wildman–Crippen MR) is 344 cm³/mol. The summed E-state index contributed by atoms with van der Waals surface area (Å²) in [6.07, 6.45) is 83.7. The van der Waals surface area contributed by atoms with Gasteiger partial charge in [0.15, 0.2) is 6.10 Å². The zero-order valence-electron chi connectivity index (χ0n) is 53.7. The molecule has 0 saturated heterocycles. The third-order valence-corrected chi connectivity index (χ3v) is 16.5. The van der Waals surface area contributed by atoms with Crippen LogP contribution < -0.4 is 0 Å². The average Bonchev–Trinajstić information content (AvgIpc) is 3.45. The van der Waals surface area contributed by atoms with E-state index in [0.717, 1.165) is 64.2 Å². The fraction of sp³-hybridized carbons (Fsp3) is 0.904. The Kier molecular flexibility index (Phi) is 66.6. The second kappa shape index (κ2) is 68.4. The molecule has 0 aliphatic rings. The van der Waals surface area contributed by atoms with Crippen molar-refractivity contribution in [2.75, 3.05) is 13.2 Å². The molecule has 6 heteroatoms. The molecule has 79 heavy (non-hydrogen) atoms. The molecule has 0 saturated carbocycles. The predicted octanol–water partition coefficient (Wildman–Crippen LogP) is 24.6. The quantitative estimate of drug-likeness (QED) is 0.0261. The lowest BCUT2D eigenvalue weighted by atomic mass is 10.0. The fourth-order valence-corrected chi connectivity index (χ4v) is 11.1. The van der Waals surface area contributed by atoms with Crippen LogP contribution in [0.15, 0.2) is 24.3 Å². The molecule has 0 rings (SSSR count). The molecule has 0 aliphatic carbocycles. The van der Waals surface area contributed by atoms with Crippen molar-refractivity contribution in [2.24, 2.45) is 0 Å². The van der Waals surface area contributed by atoms with Gasteiger partial charge in [-0.3, -0.25) is 14.4 Å². The van der Waals surface area contributed by atoms with Gasteiger partial charge in [-0.2, -0.15) is 0 Å². The summed E-state index contributed by atoms with van der Waals surface area (Å²) >= 11 is 0.